The van der Waals surface area contributed by atoms with Gasteiger partial charge in [0, 0.05) is 30.1 Å². The highest BCUT2D eigenvalue weighted by Gasteiger charge is 2.46. The summed E-state index contributed by atoms with van der Waals surface area (Å²) in [7, 11) is 0. The maximum atomic E-state index is 10.4. The van der Waals surface area contributed by atoms with Crippen molar-refractivity contribution in [1.82, 2.24) is 0 Å². The summed E-state index contributed by atoms with van der Waals surface area (Å²) in [6.45, 7) is 0. The van der Waals surface area contributed by atoms with Crippen molar-refractivity contribution in [3.63, 3.8) is 0 Å². The minimum absolute atomic E-state index is 0.0319. The Kier molecular flexibility index (Phi) is 4.55. The molecule has 8 atom stereocenters. The van der Waals surface area contributed by atoms with Gasteiger partial charge >= 0.3 is 0 Å². The average molecular weight is 298 g/mol. The van der Waals surface area contributed by atoms with Crippen molar-refractivity contribution in [2.24, 2.45) is 34.8 Å². The number of ether oxygens (including phenoxy) is 1. The summed E-state index contributed by atoms with van der Waals surface area (Å²) in [6, 6.07) is -0.168. The fraction of sp³-hybridized carbons (Fsp3) is 1.00. The molecule has 0 spiro atoms. The van der Waals surface area contributed by atoms with Crippen LogP contribution in [0, 0.1) is 11.8 Å². The molecule has 21 heavy (non-hydrogen) atoms. The number of aliphatic hydroxyl groups excluding tert-OH is 1. The van der Waals surface area contributed by atoms with Gasteiger partial charge in [0.1, 0.15) is 0 Å². The van der Waals surface area contributed by atoms with E-state index in [0.717, 1.165) is 12.8 Å². The Morgan fingerprint density at radius 3 is 2.29 bits per heavy atom. The largest absolute Gasteiger partial charge is 0.393 e. The van der Waals surface area contributed by atoms with Crippen LogP contribution in [0.25, 0.3) is 0 Å². The van der Waals surface area contributed by atoms with Gasteiger partial charge in [-0.15, -0.1) is 0 Å². The van der Waals surface area contributed by atoms with Gasteiger partial charge in [-0.25, -0.2) is 0 Å². The third kappa shape index (κ3) is 3.25. The fourth-order valence-electron chi connectivity index (χ4n) is 4.15. The first-order chi connectivity index (χ1) is 9.97. The van der Waals surface area contributed by atoms with Crippen molar-refractivity contribution < 1.29 is 9.84 Å². The molecule has 3 fully saturated rings. The van der Waals surface area contributed by atoms with Gasteiger partial charge in [0.05, 0.1) is 18.3 Å². The van der Waals surface area contributed by atoms with E-state index in [9.17, 15) is 5.11 Å². The quantitative estimate of drug-likeness (QED) is 0.455. The van der Waals surface area contributed by atoms with Gasteiger partial charge in [0.15, 0.2) is 0 Å². The van der Waals surface area contributed by atoms with E-state index in [0.29, 0.717) is 18.8 Å². The standard InChI is InChI=1S/C15H30N4O2/c16-8-5-10(18)13(11(20)6-8)15-9(17)3-4-12(21-15)14(19)7-1-2-7/h7-15,20H,1-6,16-19H2/t8-,9-,10+,11-,12+,13?,14-,15+/m1/s1. The van der Waals surface area contributed by atoms with Crippen molar-refractivity contribution in [3.8, 4) is 0 Å². The number of hydrogen-bond donors (Lipinski definition) is 5. The van der Waals surface area contributed by atoms with Gasteiger partial charge in [0.25, 0.3) is 0 Å². The molecule has 0 radical (unpaired) electrons. The molecule has 2 aliphatic carbocycles. The van der Waals surface area contributed by atoms with Crippen LogP contribution in [0.5, 0.6) is 0 Å². The molecule has 0 amide bonds. The second kappa shape index (κ2) is 6.10. The van der Waals surface area contributed by atoms with E-state index in [-0.39, 0.29) is 42.3 Å². The second-order valence-electron chi connectivity index (χ2n) is 7.34. The molecule has 1 heterocycles. The number of nitrogens with two attached hydrogens (primary N) is 4. The topological polar surface area (TPSA) is 134 Å². The van der Waals surface area contributed by atoms with Crippen LogP contribution in [0.3, 0.4) is 0 Å². The highest BCUT2D eigenvalue weighted by Crippen LogP contribution is 2.38. The van der Waals surface area contributed by atoms with Gasteiger partial charge in [-0.1, -0.05) is 0 Å². The van der Waals surface area contributed by atoms with Crippen LogP contribution < -0.4 is 22.9 Å². The predicted octanol–water partition coefficient (Wildman–Crippen LogP) is -0.976. The zero-order valence-electron chi connectivity index (χ0n) is 12.6. The summed E-state index contributed by atoms with van der Waals surface area (Å²) in [5.74, 6) is 0.470. The first-order valence-electron chi connectivity index (χ1n) is 8.33. The van der Waals surface area contributed by atoms with E-state index in [4.69, 9.17) is 27.7 Å². The van der Waals surface area contributed by atoms with Crippen molar-refractivity contribution in [2.75, 3.05) is 0 Å². The summed E-state index contributed by atoms with van der Waals surface area (Å²) in [4.78, 5) is 0. The third-order valence-electron chi connectivity index (χ3n) is 5.57. The lowest BCUT2D eigenvalue weighted by atomic mass is 9.73. The minimum Gasteiger partial charge on any atom is -0.393 e. The predicted molar refractivity (Wildman–Crippen MR) is 81.3 cm³/mol. The van der Waals surface area contributed by atoms with Crippen LogP contribution in [-0.2, 0) is 4.74 Å². The van der Waals surface area contributed by atoms with E-state index in [1.54, 1.807) is 0 Å². The first-order valence-corrected chi connectivity index (χ1v) is 8.33. The zero-order chi connectivity index (χ0) is 15.1. The lowest BCUT2D eigenvalue weighted by Crippen LogP contribution is -2.61. The molecular formula is C15H30N4O2. The van der Waals surface area contributed by atoms with Crippen LogP contribution in [-0.4, -0.2) is 47.6 Å². The van der Waals surface area contributed by atoms with E-state index in [1.165, 1.54) is 12.8 Å². The highest BCUT2D eigenvalue weighted by molar-refractivity contribution is 5.01. The molecule has 0 aromatic heterocycles. The van der Waals surface area contributed by atoms with Crippen LogP contribution >= 0.6 is 0 Å². The lowest BCUT2D eigenvalue weighted by molar-refractivity contribution is -0.134. The Labute approximate surface area is 126 Å². The number of hydrogen-bond acceptors (Lipinski definition) is 6. The smallest absolute Gasteiger partial charge is 0.0798 e. The Balaban J connectivity index is 1.69. The van der Waals surface area contributed by atoms with E-state index < -0.39 is 6.10 Å². The van der Waals surface area contributed by atoms with Gasteiger partial charge in [-0.3, -0.25) is 0 Å². The molecule has 122 valence electrons. The molecule has 1 unspecified atom stereocenters. The molecule has 6 heteroatoms. The van der Waals surface area contributed by atoms with Crippen molar-refractivity contribution in [2.45, 2.75) is 81.0 Å². The molecule has 2 saturated carbocycles. The Bertz CT molecular complexity index is 354. The highest BCUT2D eigenvalue weighted by atomic mass is 16.5. The zero-order valence-corrected chi connectivity index (χ0v) is 12.6. The van der Waals surface area contributed by atoms with Crippen LogP contribution in [0.4, 0.5) is 0 Å². The van der Waals surface area contributed by atoms with Gasteiger partial charge in [-0.2, -0.15) is 0 Å². The van der Waals surface area contributed by atoms with Crippen LogP contribution in [0.1, 0.15) is 38.5 Å². The number of aliphatic hydroxyl groups is 1. The Morgan fingerprint density at radius 1 is 0.952 bits per heavy atom. The maximum absolute atomic E-state index is 10.4. The monoisotopic (exact) mass is 298 g/mol. The maximum Gasteiger partial charge on any atom is 0.0798 e. The molecular weight excluding hydrogens is 268 g/mol. The third-order valence-corrected chi connectivity index (χ3v) is 5.57. The minimum atomic E-state index is -0.532. The summed E-state index contributed by atoms with van der Waals surface area (Å²) >= 11 is 0. The van der Waals surface area contributed by atoms with E-state index in [2.05, 4.69) is 0 Å². The molecule has 9 N–H and O–H groups in total. The van der Waals surface area contributed by atoms with Crippen LogP contribution in [0.2, 0.25) is 0 Å². The second-order valence-corrected chi connectivity index (χ2v) is 7.34. The van der Waals surface area contributed by atoms with Gasteiger partial charge < -0.3 is 32.8 Å². The van der Waals surface area contributed by atoms with Crippen LogP contribution in [0.15, 0.2) is 0 Å². The van der Waals surface area contributed by atoms with Crippen molar-refractivity contribution >= 4 is 0 Å². The molecule has 6 nitrogen and oxygen atoms in total. The molecule has 0 aromatic carbocycles. The van der Waals surface area contributed by atoms with E-state index in [1.807, 2.05) is 0 Å². The molecule has 0 bridgehead atoms. The number of rotatable bonds is 3. The Hall–Kier alpha value is -0.240. The average Bonchev–Trinajstić information content (AvgIpc) is 3.23. The van der Waals surface area contributed by atoms with Crippen molar-refractivity contribution in [1.29, 1.82) is 0 Å². The fourth-order valence-corrected chi connectivity index (χ4v) is 4.15. The van der Waals surface area contributed by atoms with Gasteiger partial charge in [0.2, 0.25) is 0 Å². The SMILES string of the molecule is N[C@H]1C[C@@H](O)C([C@H]2O[C@H]([C@H](N)C3CC3)CC[C@H]2N)[C@@H](N)C1. The normalized spacial score (nSPS) is 49.9. The van der Waals surface area contributed by atoms with Gasteiger partial charge in [-0.05, 0) is 44.4 Å². The molecule has 1 aliphatic heterocycles. The summed E-state index contributed by atoms with van der Waals surface area (Å²) in [5.41, 5.74) is 24.7. The first kappa shape index (κ1) is 15.6. The Morgan fingerprint density at radius 2 is 1.67 bits per heavy atom. The van der Waals surface area contributed by atoms with E-state index >= 15 is 0 Å². The molecule has 0 aromatic rings. The van der Waals surface area contributed by atoms with Crippen molar-refractivity contribution in [3.05, 3.63) is 0 Å². The lowest BCUT2D eigenvalue weighted by Gasteiger charge is -2.47. The molecule has 1 saturated heterocycles. The molecule has 3 aliphatic rings. The summed E-state index contributed by atoms with van der Waals surface area (Å²) < 4.78 is 6.25. The summed E-state index contributed by atoms with van der Waals surface area (Å²) in [5, 5.41) is 10.4. The molecule has 3 rings (SSSR count). The summed E-state index contributed by atoms with van der Waals surface area (Å²) in [6.07, 6.45) is 4.82.